The molecule has 0 aliphatic rings. The average Bonchev–Trinajstić information content (AvgIpc) is 3.66. The van der Waals surface area contributed by atoms with Crippen molar-refractivity contribution in [1.82, 2.24) is 30.0 Å². The van der Waals surface area contributed by atoms with E-state index in [4.69, 9.17) is 9.47 Å². The molecule has 214 valence electrons. The lowest BCUT2D eigenvalue weighted by Gasteiger charge is -2.09. The highest BCUT2D eigenvalue weighted by Crippen LogP contribution is 2.29. The SMILES string of the molecule is O=C(Oc1ccc(-n2nc3ccccc3n2)c(O)c1)c1ccc(C(=O)Oc2ccc(-n3nc4ccccc4n3)c(O)c2)cc1. The van der Waals surface area contributed by atoms with E-state index < -0.39 is 11.9 Å². The van der Waals surface area contributed by atoms with E-state index in [1.807, 2.05) is 48.5 Å². The molecule has 0 amide bonds. The third-order valence-electron chi connectivity index (χ3n) is 6.68. The van der Waals surface area contributed by atoms with Gasteiger partial charge in [0.2, 0.25) is 0 Å². The largest absolute Gasteiger partial charge is 0.505 e. The molecular formula is C32H20N6O6. The Bertz CT molecular complexity index is 1980. The zero-order valence-electron chi connectivity index (χ0n) is 22.6. The number of rotatable bonds is 6. The number of fused-ring (bicyclic) bond motifs is 2. The molecule has 0 atom stereocenters. The van der Waals surface area contributed by atoms with Crippen LogP contribution in [0.25, 0.3) is 33.4 Å². The first-order valence-corrected chi connectivity index (χ1v) is 13.3. The molecule has 0 unspecified atom stereocenters. The first-order valence-electron chi connectivity index (χ1n) is 13.3. The number of phenols is 2. The molecule has 5 aromatic carbocycles. The van der Waals surface area contributed by atoms with E-state index in [9.17, 15) is 19.8 Å². The van der Waals surface area contributed by atoms with Crippen molar-refractivity contribution in [3.05, 3.63) is 120 Å². The molecule has 7 rings (SSSR count). The lowest BCUT2D eigenvalue weighted by Crippen LogP contribution is -2.11. The van der Waals surface area contributed by atoms with Crippen molar-refractivity contribution < 1.29 is 29.3 Å². The van der Waals surface area contributed by atoms with Gasteiger partial charge in [-0.2, -0.15) is 0 Å². The summed E-state index contributed by atoms with van der Waals surface area (Å²) in [5, 5.41) is 38.4. The Balaban J connectivity index is 1.00. The fourth-order valence-electron chi connectivity index (χ4n) is 4.48. The summed E-state index contributed by atoms with van der Waals surface area (Å²) in [5.74, 6) is -1.53. The molecule has 2 N–H and O–H groups in total. The second-order valence-electron chi connectivity index (χ2n) is 9.61. The van der Waals surface area contributed by atoms with Gasteiger partial charge in [-0.15, -0.1) is 30.0 Å². The molecule has 0 fully saturated rings. The highest BCUT2D eigenvalue weighted by molar-refractivity contribution is 5.95. The zero-order valence-corrected chi connectivity index (χ0v) is 22.6. The van der Waals surface area contributed by atoms with Crippen LogP contribution in [0.3, 0.4) is 0 Å². The first kappa shape index (κ1) is 26.3. The Morgan fingerprint density at radius 3 is 1.16 bits per heavy atom. The van der Waals surface area contributed by atoms with E-state index in [1.54, 1.807) is 0 Å². The molecule has 0 bridgehead atoms. The summed E-state index contributed by atoms with van der Waals surface area (Å²) in [5.41, 5.74) is 3.66. The predicted molar refractivity (Wildman–Crippen MR) is 157 cm³/mol. The molecule has 7 aromatic rings. The van der Waals surface area contributed by atoms with Crippen molar-refractivity contribution in [3.8, 4) is 34.4 Å². The molecule has 0 saturated carbocycles. The number of nitrogens with zero attached hydrogens (tertiary/aromatic N) is 6. The van der Waals surface area contributed by atoms with Gasteiger partial charge in [0.1, 0.15) is 56.4 Å². The minimum atomic E-state index is -0.694. The fraction of sp³-hybridized carbons (Fsp3) is 0. The van der Waals surface area contributed by atoms with Gasteiger partial charge in [0.25, 0.3) is 0 Å². The molecule has 0 aliphatic carbocycles. The zero-order chi connectivity index (χ0) is 30.2. The number of carbonyl (C=O) groups is 2. The predicted octanol–water partition coefficient (Wildman–Crippen LogP) is 5.00. The van der Waals surface area contributed by atoms with Crippen molar-refractivity contribution >= 4 is 34.0 Å². The maximum atomic E-state index is 12.7. The molecule has 2 heterocycles. The van der Waals surface area contributed by atoms with Crippen molar-refractivity contribution in [3.63, 3.8) is 0 Å². The van der Waals surface area contributed by atoms with E-state index >= 15 is 0 Å². The molecular weight excluding hydrogens is 564 g/mol. The van der Waals surface area contributed by atoms with E-state index in [-0.39, 0.29) is 34.1 Å². The summed E-state index contributed by atoms with van der Waals surface area (Å²) in [6, 6.07) is 28.9. The summed E-state index contributed by atoms with van der Waals surface area (Å²) < 4.78 is 10.8. The number of carbonyl (C=O) groups excluding carboxylic acids is 2. The number of esters is 2. The highest BCUT2D eigenvalue weighted by atomic mass is 16.5. The summed E-state index contributed by atoms with van der Waals surface area (Å²) in [6.45, 7) is 0. The first-order chi connectivity index (χ1) is 21.4. The van der Waals surface area contributed by atoms with Crippen LogP contribution in [0.15, 0.2) is 109 Å². The van der Waals surface area contributed by atoms with Crippen molar-refractivity contribution in [2.45, 2.75) is 0 Å². The summed E-state index contributed by atoms with van der Waals surface area (Å²) in [6.07, 6.45) is 0. The fourth-order valence-corrected chi connectivity index (χ4v) is 4.48. The van der Waals surface area contributed by atoms with E-state index in [0.29, 0.717) is 33.4 Å². The van der Waals surface area contributed by atoms with E-state index in [2.05, 4.69) is 20.4 Å². The molecule has 44 heavy (non-hydrogen) atoms. The van der Waals surface area contributed by atoms with Crippen LogP contribution in [0.1, 0.15) is 20.7 Å². The maximum Gasteiger partial charge on any atom is 0.343 e. The molecule has 0 spiro atoms. The minimum absolute atomic E-state index is 0.109. The van der Waals surface area contributed by atoms with Crippen LogP contribution in [0.2, 0.25) is 0 Å². The van der Waals surface area contributed by atoms with Gasteiger partial charge in [0.15, 0.2) is 0 Å². The Labute approximate surface area is 247 Å². The van der Waals surface area contributed by atoms with Gasteiger partial charge in [-0.05, 0) is 72.8 Å². The average molecular weight is 585 g/mol. The van der Waals surface area contributed by atoms with E-state index in [1.165, 1.54) is 70.3 Å². The second kappa shape index (κ2) is 10.7. The van der Waals surface area contributed by atoms with Gasteiger partial charge < -0.3 is 19.7 Å². The quantitative estimate of drug-likeness (QED) is 0.201. The number of ether oxygens (including phenoxy) is 2. The van der Waals surface area contributed by atoms with Gasteiger partial charge >= 0.3 is 11.9 Å². The molecule has 0 aliphatic heterocycles. The number of aromatic nitrogens is 6. The number of hydrogen-bond acceptors (Lipinski definition) is 10. The summed E-state index contributed by atoms with van der Waals surface area (Å²) in [4.78, 5) is 28.1. The molecule has 0 radical (unpaired) electrons. The van der Waals surface area contributed by atoms with Crippen LogP contribution in [0.4, 0.5) is 0 Å². The number of phenolic OH excluding ortho intramolecular Hbond substituents is 2. The lowest BCUT2D eigenvalue weighted by molar-refractivity contribution is 0.0720. The topological polar surface area (TPSA) is 154 Å². The van der Waals surface area contributed by atoms with Crippen molar-refractivity contribution in [2.75, 3.05) is 0 Å². The maximum absolute atomic E-state index is 12.7. The van der Waals surface area contributed by atoms with Crippen LogP contribution in [0, 0.1) is 0 Å². The standard InChI is InChI=1S/C32H20N6O6/c39-29-17-21(13-15-27(29)37-33-23-5-1-2-6-24(23)34-37)43-31(41)19-9-11-20(12-10-19)32(42)44-22-14-16-28(30(40)18-22)38-35-25-7-3-4-8-26(25)36-38/h1-18,39-40H. The summed E-state index contributed by atoms with van der Waals surface area (Å²) >= 11 is 0. The third kappa shape index (κ3) is 5.03. The van der Waals surface area contributed by atoms with Crippen LogP contribution >= 0.6 is 0 Å². The Hall–Kier alpha value is -6.56. The molecule has 12 nitrogen and oxygen atoms in total. The lowest BCUT2D eigenvalue weighted by atomic mass is 10.1. The van der Waals surface area contributed by atoms with Crippen LogP contribution in [-0.2, 0) is 0 Å². The minimum Gasteiger partial charge on any atom is -0.505 e. The van der Waals surface area contributed by atoms with Crippen LogP contribution in [-0.4, -0.2) is 52.1 Å². The van der Waals surface area contributed by atoms with E-state index in [0.717, 1.165) is 0 Å². The highest BCUT2D eigenvalue weighted by Gasteiger charge is 2.16. The molecule has 2 aromatic heterocycles. The Morgan fingerprint density at radius 2 is 0.841 bits per heavy atom. The van der Waals surface area contributed by atoms with Crippen LogP contribution < -0.4 is 9.47 Å². The third-order valence-corrected chi connectivity index (χ3v) is 6.68. The molecule has 12 heteroatoms. The second-order valence-corrected chi connectivity index (χ2v) is 9.61. The number of hydrogen-bond donors (Lipinski definition) is 2. The van der Waals surface area contributed by atoms with Crippen LogP contribution in [0.5, 0.6) is 23.0 Å². The smallest absolute Gasteiger partial charge is 0.343 e. The van der Waals surface area contributed by atoms with Gasteiger partial charge in [-0.3, -0.25) is 0 Å². The Morgan fingerprint density at radius 1 is 0.500 bits per heavy atom. The number of benzene rings is 5. The van der Waals surface area contributed by atoms with Gasteiger partial charge in [-0.25, -0.2) is 9.59 Å². The normalized spacial score (nSPS) is 11.1. The number of aromatic hydroxyl groups is 2. The molecule has 0 saturated heterocycles. The van der Waals surface area contributed by atoms with Crippen molar-refractivity contribution in [2.24, 2.45) is 0 Å². The van der Waals surface area contributed by atoms with Gasteiger partial charge in [0.05, 0.1) is 11.1 Å². The summed E-state index contributed by atoms with van der Waals surface area (Å²) in [7, 11) is 0. The van der Waals surface area contributed by atoms with Crippen molar-refractivity contribution in [1.29, 1.82) is 0 Å². The van der Waals surface area contributed by atoms with Gasteiger partial charge in [0, 0.05) is 12.1 Å². The monoisotopic (exact) mass is 584 g/mol. The van der Waals surface area contributed by atoms with Gasteiger partial charge in [-0.1, -0.05) is 24.3 Å². The Kier molecular flexibility index (Phi) is 6.40.